The van der Waals surface area contributed by atoms with E-state index in [2.05, 4.69) is 34.5 Å². The van der Waals surface area contributed by atoms with Gasteiger partial charge in [0, 0.05) is 32.1 Å². The maximum absolute atomic E-state index is 14.4. The van der Waals surface area contributed by atoms with Gasteiger partial charge in [-0.1, -0.05) is 19.9 Å². The van der Waals surface area contributed by atoms with Crippen molar-refractivity contribution in [3.63, 3.8) is 0 Å². The zero-order valence-electron chi connectivity index (χ0n) is 17.4. The first kappa shape index (κ1) is 25.4. The van der Waals surface area contributed by atoms with Crippen molar-refractivity contribution in [1.29, 1.82) is 0 Å². The van der Waals surface area contributed by atoms with Crippen molar-refractivity contribution in [3.05, 3.63) is 48.3 Å². The number of guanidine groups is 1. The quantitative estimate of drug-likeness (QED) is 0.255. The molecule has 2 rings (SSSR count). The average molecular weight is 517 g/mol. The van der Waals surface area contributed by atoms with Crippen molar-refractivity contribution < 1.29 is 9.50 Å². The third kappa shape index (κ3) is 8.69. The number of benzene rings is 1. The molecule has 8 heteroatoms. The normalized spacial score (nSPS) is 12.6. The van der Waals surface area contributed by atoms with Crippen molar-refractivity contribution in [2.75, 3.05) is 19.7 Å². The van der Waals surface area contributed by atoms with Gasteiger partial charge in [-0.3, -0.25) is 0 Å². The van der Waals surface area contributed by atoms with E-state index in [1.165, 1.54) is 6.07 Å². The van der Waals surface area contributed by atoms with Crippen molar-refractivity contribution >= 4 is 29.9 Å². The van der Waals surface area contributed by atoms with Gasteiger partial charge in [-0.15, -0.1) is 24.0 Å². The highest BCUT2D eigenvalue weighted by molar-refractivity contribution is 14.0. The molecule has 29 heavy (non-hydrogen) atoms. The van der Waals surface area contributed by atoms with Crippen LogP contribution in [0.2, 0.25) is 0 Å². The Morgan fingerprint density at radius 2 is 2.10 bits per heavy atom. The van der Waals surface area contributed by atoms with Crippen LogP contribution in [0.5, 0.6) is 0 Å². The van der Waals surface area contributed by atoms with Gasteiger partial charge in [0.2, 0.25) is 0 Å². The number of aromatic nitrogens is 2. The molecule has 6 nitrogen and oxygen atoms in total. The first-order valence-corrected chi connectivity index (χ1v) is 9.93. The van der Waals surface area contributed by atoms with Crippen molar-refractivity contribution in [2.45, 2.75) is 40.2 Å². The standard InChI is InChI=1S/C21H32FN5O.HI/c1-4-24-21(26-14-18(7-10-28)11-16(2)3)25-13-17-5-6-20(19(22)12-17)27-9-8-23-15-27;/h5-6,8-9,12,15-16,18,28H,4,7,10-11,13-14H2,1-3H3,(H2,24,25,26);1H. The number of nitrogens with zero attached hydrogens (tertiary/aromatic N) is 3. The highest BCUT2D eigenvalue weighted by atomic mass is 127. The first-order chi connectivity index (χ1) is 13.5. The van der Waals surface area contributed by atoms with Crippen molar-refractivity contribution in [2.24, 2.45) is 16.8 Å². The van der Waals surface area contributed by atoms with Crippen LogP contribution in [0.3, 0.4) is 0 Å². The number of halogens is 2. The Labute approximate surface area is 190 Å². The number of aliphatic hydroxyl groups is 1. The van der Waals surface area contributed by atoms with E-state index >= 15 is 0 Å². The van der Waals surface area contributed by atoms with E-state index in [1.54, 1.807) is 29.4 Å². The van der Waals surface area contributed by atoms with Crippen LogP contribution in [0.1, 0.15) is 39.2 Å². The summed E-state index contributed by atoms with van der Waals surface area (Å²) in [5, 5.41) is 15.8. The lowest BCUT2D eigenvalue weighted by atomic mass is 9.94. The predicted octanol–water partition coefficient (Wildman–Crippen LogP) is 3.73. The highest BCUT2D eigenvalue weighted by Gasteiger charge is 2.11. The zero-order chi connectivity index (χ0) is 20.4. The molecule has 1 aromatic heterocycles. The average Bonchev–Trinajstić information content (AvgIpc) is 3.18. The molecule has 0 saturated carbocycles. The molecule has 162 valence electrons. The summed E-state index contributed by atoms with van der Waals surface area (Å²) >= 11 is 0. The molecule has 0 aliphatic rings. The minimum atomic E-state index is -0.302. The van der Waals surface area contributed by atoms with Gasteiger partial charge in [-0.05, 0) is 49.3 Å². The van der Waals surface area contributed by atoms with Gasteiger partial charge in [-0.2, -0.15) is 0 Å². The fourth-order valence-electron chi connectivity index (χ4n) is 3.17. The second-order valence-electron chi connectivity index (χ2n) is 7.34. The Kier molecular flexibility index (Phi) is 11.8. The molecule has 1 heterocycles. The molecule has 3 N–H and O–H groups in total. The number of hydrogen-bond acceptors (Lipinski definition) is 3. The SMILES string of the molecule is CCNC(=NCc1ccc(-n2ccnc2)c(F)c1)NCC(CCO)CC(C)C.I. The maximum Gasteiger partial charge on any atom is 0.191 e. The molecule has 0 aliphatic heterocycles. The molecule has 0 fully saturated rings. The number of rotatable bonds is 10. The van der Waals surface area contributed by atoms with Crippen molar-refractivity contribution in [3.8, 4) is 5.69 Å². The number of aliphatic imine (C=N–C) groups is 1. The summed E-state index contributed by atoms with van der Waals surface area (Å²) < 4.78 is 16.0. The second kappa shape index (κ2) is 13.5. The van der Waals surface area contributed by atoms with Crippen LogP contribution in [0.25, 0.3) is 5.69 Å². The van der Waals surface area contributed by atoms with E-state index in [9.17, 15) is 9.50 Å². The summed E-state index contributed by atoms with van der Waals surface area (Å²) in [5.74, 6) is 1.37. The second-order valence-corrected chi connectivity index (χ2v) is 7.34. The molecule has 0 bridgehead atoms. The predicted molar refractivity (Wildman–Crippen MR) is 126 cm³/mol. The van der Waals surface area contributed by atoms with Crippen LogP contribution in [0.4, 0.5) is 4.39 Å². The van der Waals surface area contributed by atoms with Crippen LogP contribution in [-0.4, -0.2) is 40.3 Å². The molecule has 0 spiro atoms. The van der Waals surface area contributed by atoms with E-state index in [1.807, 2.05) is 13.0 Å². The summed E-state index contributed by atoms with van der Waals surface area (Å²) in [5.41, 5.74) is 1.27. The molecule has 1 aromatic carbocycles. The fourth-order valence-corrected chi connectivity index (χ4v) is 3.17. The van der Waals surface area contributed by atoms with Crippen molar-refractivity contribution in [1.82, 2.24) is 20.2 Å². The molecule has 2 aromatic rings. The van der Waals surface area contributed by atoms with E-state index in [0.29, 0.717) is 30.0 Å². The number of imidazole rings is 1. The van der Waals surface area contributed by atoms with Crippen LogP contribution < -0.4 is 10.6 Å². The van der Waals surface area contributed by atoms with Gasteiger partial charge in [0.25, 0.3) is 0 Å². The molecule has 1 atom stereocenters. The number of nitrogens with one attached hydrogen (secondary N) is 2. The first-order valence-electron chi connectivity index (χ1n) is 9.93. The third-order valence-electron chi connectivity index (χ3n) is 4.46. The smallest absolute Gasteiger partial charge is 0.191 e. The number of aliphatic hydroxyl groups excluding tert-OH is 1. The molecule has 0 saturated heterocycles. The van der Waals surface area contributed by atoms with Gasteiger partial charge >= 0.3 is 0 Å². The van der Waals surface area contributed by atoms with Gasteiger partial charge in [0.1, 0.15) is 5.82 Å². The summed E-state index contributed by atoms with van der Waals surface area (Å²) in [6, 6.07) is 5.12. The summed E-state index contributed by atoms with van der Waals surface area (Å²) in [4.78, 5) is 8.52. The molecule has 0 aliphatic carbocycles. The van der Waals surface area contributed by atoms with E-state index < -0.39 is 0 Å². The Morgan fingerprint density at radius 3 is 2.69 bits per heavy atom. The van der Waals surface area contributed by atoms with Gasteiger partial charge in [-0.25, -0.2) is 14.4 Å². The Bertz CT molecular complexity index is 737. The lowest BCUT2D eigenvalue weighted by Crippen LogP contribution is -2.40. The molecular weight excluding hydrogens is 484 g/mol. The monoisotopic (exact) mass is 517 g/mol. The Balaban J connectivity index is 0.00000420. The largest absolute Gasteiger partial charge is 0.396 e. The molecule has 0 amide bonds. The highest BCUT2D eigenvalue weighted by Crippen LogP contribution is 2.16. The van der Waals surface area contributed by atoms with Gasteiger partial charge in [0.15, 0.2) is 5.96 Å². The van der Waals surface area contributed by atoms with Crippen LogP contribution in [-0.2, 0) is 6.54 Å². The number of hydrogen-bond donors (Lipinski definition) is 3. The zero-order valence-corrected chi connectivity index (χ0v) is 19.8. The summed E-state index contributed by atoms with van der Waals surface area (Å²) in [6.45, 7) is 8.45. The lowest BCUT2D eigenvalue weighted by molar-refractivity contribution is 0.243. The third-order valence-corrected chi connectivity index (χ3v) is 4.46. The Morgan fingerprint density at radius 1 is 1.31 bits per heavy atom. The topological polar surface area (TPSA) is 74.5 Å². The summed E-state index contributed by atoms with van der Waals surface area (Å²) in [7, 11) is 0. The van der Waals surface area contributed by atoms with E-state index in [4.69, 9.17) is 0 Å². The van der Waals surface area contributed by atoms with Crippen LogP contribution >= 0.6 is 24.0 Å². The maximum atomic E-state index is 14.4. The van der Waals surface area contributed by atoms with E-state index in [-0.39, 0.29) is 36.4 Å². The fraction of sp³-hybridized carbons (Fsp3) is 0.524. The van der Waals surface area contributed by atoms with Crippen LogP contribution in [0.15, 0.2) is 41.9 Å². The molecule has 1 unspecified atom stereocenters. The Hall–Kier alpha value is -1.68. The molecule has 0 radical (unpaired) electrons. The van der Waals surface area contributed by atoms with Gasteiger partial charge < -0.3 is 20.3 Å². The van der Waals surface area contributed by atoms with Crippen LogP contribution in [0, 0.1) is 17.7 Å². The molecular formula is C21H33FIN5O. The van der Waals surface area contributed by atoms with Gasteiger partial charge in [0.05, 0.1) is 18.6 Å². The summed E-state index contributed by atoms with van der Waals surface area (Å²) in [6.07, 6.45) is 6.72. The minimum absolute atomic E-state index is 0. The van der Waals surface area contributed by atoms with E-state index in [0.717, 1.165) is 31.5 Å². The lowest BCUT2D eigenvalue weighted by Gasteiger charge is -2.20. The minimum Gasteiger partial charge on any atom is -0.396 e.